The summed E-state index contributed by atoms with van der Waals surface area (Å²) in [4.78, 5) is 38.8. The Kier molecular flexibility index (Phi) is 11.2. The minimum absolute atomic E-state index is 0.0884. The Hall–Kier alpha value is -2.71. The van der Waals surface area contributed by atoms with E-state index in [4.69, 9.17) is 5.73 Å². The van der Waals surface area contributed by atoms with Crippen molar-refractivity contribution in [1.82, 2.24) is 15.9 Å². The van der Waals surface area contributed by atoms with Gasteiger partial charge in [-0.15, -0.1) is 0 Å². The van der Waals surface area contributed by atoms with E-state index >= 15 is 0 Å². The molecule has 0 aliphatic heterocycles. The molecule has 0 aliphatic carbocycles. The standard InChI is InChI=1S/C25H40N4O4/c1-17(2)15-21(22(30)27-29(16-18(3)4)24(32)25(5,6)26)20(23(31)28-33)14-10-13-19-11-8-7-9-12-19/h7-13,17-18,20-21,33H,14-16,26H2,1-6H3,(H,27,30)(H,28,31)/b13-10+/t20-,21+/m0/s1. The molecule has 0 spiro atoms. The minimum atomic E-state index is -1.17. The summed E-state index contributed by atoms with van der Waals surface area (Å²) in [5.41, 5.74) is 10.2. The van der Waals surface area contributed by atoms with E-state index in [-0.39, 0.29) is 24.8 Å². The van der Waals surface area contributed by atoms with Crippen molar-refractivity contribution in [2.45, 2.75) is 59.9 Å². The highest BCUT2D eigenvalue weighted by atomic mass is 16.5. The van der Waals surface area contributed by atoms with Gasteiger partial charge in [-0.1, -0.05) is 70.2 Å². The molecule has 33 heavy (non-hydrogen) atoms. The number of benzene rings is 1. The van der Waals surface area contributed by atoms with Crippen LogP contribution in [0.15, 0.2) is 36.4 Å². The van der Waals surface area contributed by atoms with Gasteiger partial charge in [-0.3, -0.25) is 30.0 Å². The van der Waals surface area contributed by atoms with Crippen molar-refractivity contribution in [3.05, 3.63) is 42.0 Å². The molecular formula is C25H40N4O4. The molecule has 0 saturated carbocycles. The summed E-state index contributed by atoms with van der Waals surface area (Å²) in [6.45, 7) is 11.2. The number of nitrogens with two attached hydrogens (primary N) is 1. The number of carbonyl (C=O) groups is 3. The van der Waals surface area contributed by atoms with Gasteiger partial charge >= 0.3 is 0 Å². The van der Waals surface area contributed by atoms with Crippen LogP contribution in [-0.2, 0) is 14.4 Å². The number of carbonyl (C=O) groups excluding carboxylic acids is 3. The summed E-state index contributed by atoms with van der Waals surface area (Å²) < 4.78 is 0. The van der Waals surface area contributed by atoms with Crippen LogP contribution in [0.4, 0.5) is 0 Å². The molecular weight excluding hydrogens is 420 g/mol. The Balaban J connectivity index is 3.18. The lowest BCUT2D eigenvalue weighted by molar-refractivity contribution is -0.150. The number of rotatable bonds is 11. The van der Waals surface area contributed by atoms with Gasteiger partial charge in [0.2, 0.25) is 11.8 Å². The van der Waals surface area contributed by atoms with Gasteiger partial charge in [-0.2, -0.15) is 0 Å². The third kappa shape index (κ3) is 9.75. The van der Waals surface area contributed by atoms with E-state index < -0.39 is 35.1 Å². The van der Waals surface area contributed by atoms with Crippen molar-refractivity contribution >= 4 is 23.8 Å². The summed E-state index contributed by atoms with van der Waals surface area (Å²) in [5.74, 6) is -2.91. The molecule has 5 N–H and O–H groups in total. The van der Waals surface area contributed by atoms with Crippen LogP contribution in [0.3, 0.4) is 0 Å². The number of nitrogens with one attached hydrogen (secondary N) is 2. The van der Waals surface area contributed by atoms with E-state index in [9.17, 15) is 19.6 Å². The fourth-order valence-corrected chi connectivity index (χ4v) is 3.52. The molecule has 0 saturated heterocycles. The largest absolute Gasteiger partial charge is 0.318 e. The minimum Gasteiger partial charge on any atom is -0.318 e. The zero-order valence-electron chi connectivity index (χ0n) is 20.7. The van der Waals surface area contributed by atoms with Gasteiger partial charge < -0.3 is 5.73 Å². The molecule has 8 heteroatoms. The highest BCUT2D eigenvalue weighted by Gasteiger charge is 2.36. The van der Waals surface area contributed by atoms with Gasteiger partial charge in [-0.05, 0) is 44.1 Å². The van der Waals surface area contributed by atoms with E-state index in [0.717, 1.165) is 5.56 Å². The van der Waals surface area contributed by atoms with Crippen LogP contribution < -0.4 is 16.6 Å². The highest BCUT2D eigenvalue weighted by molar-refractivity contribution is 5.90. The van der Waals surface area contributed by atoms with Crippen LogP contribution in [-0.4, -0.2) is 40.0 Å². The Morgan fingerprint density at radius 1 is 1.03 bits per heavy atom. The predicted molar refractivity (Wildman–Crippen MR) is 129 cm³/mol. The van der Waals surface area contributed by atoms with E-state index in [1.165, 1.54) is 5.01 Å². The highest BCUT2D eigenvalue weighted by Crippen LogP contribution is 2.26. The third-order valence-corrected chi connectivity index (χ3v) is 5.08. The van der Waals surface area contributed by atoms with Crippen molar-refractivity contribution in [1.29, 1.82) is 0 Å². The van der Waals surface area contributed by atoms with Crippen molar-refractivity contribution in [2.24, 2.45) is 29.4 Å². The summed E-state index contributed by atoms with van der Waals surface area (Å²) in [6, 6.07) is 9.59. The maximum Gasteiger partial charge on any atom is 0.260 e. The lowest BCUT2D eigenvalue weighted by Crippen LogP contribution is -2.59. The van der Waals surface area contributed by atoms with Crippen LogP contribution >= 0.6 is 0 Å². The molecule has 0 unspecified atom stereocenters. The zero-order valence-corrected chi connectivity index (χ0v) is 20.7. The second kappa shape index (κ2) is 13.1. The molecule has 0 bridgehead atoms. The quantitative estimate of drug-likeness (QED) is 0.298. The summed E-state index contributed by atoms with van der Waals surface area (Å²) >= 11 is 0. The molecule has 3 amide bonds. The lowest BCUT2D eigenvalue weighted by atomic mass is 9.82. The molecule has 0 aromatic heterocycles. The molecule has 8 nitrogen and oxygen atoms in total. The molecule has 0 radical (unpaired) electrons. The zero-order chi connectivity index (χ0) is 25.2. The molecule has 1 aromatic carbocycles. The summed E-state index contributed by atoms with van der Waals surface area (Å²) in [5, 5.41) is 10.6. The number of allylic oxidation sites excluding steroid dienone is 1. The van der Waals surface area contributed by atoms with Crippen molar-refractivity contribution < 1.29 is 19.6 Å². The number of amides is 3. The van der Waals surface area contributed by atoms with Gasteiger partial charge in [0.25, 0.3) is 5.91 Å². The van der Waals surface area contributed by atoms with Crippen LogP contribution in [0, 0.1) is 23.7 Å². The molecule has 184 valence electrons. The molecule has 0 fully saturated rings. The number of hydrogen-bond donors (Lipinski definition) is 4. The first kappa shape index (κ1) is 28.3. The van der Waals surface area contributed by atoms with E-state index in [1.54, 1.807) is 19.3 Å². The molecule has 0 aliphatic rings. The lowest BCUT2D eigenvalue weighted by Gasteiger charge is -2.33. The third-order valence-electron chi connectivity index (χ3n) is 5.08. The average Bonchev–Trinajstić information content (AvgIpc) is 2.73. The fourth-order valence-electron chi connectivity index (χ4n) is 3.52. The van der Waals surface area contributed by atoms with Crippen LogP contribution in [0.2, 0.25) is 0 Å². The smallest absolute Gasteiger partial charge is 0.260 e. The monoisotopic (exact) mass is 460 g/mol. The fraction of sp³-hybridized carbons (Fsp3) is 0.560. The Morgan fingerprint density at radius 3 is 2.12 bits per heavy atom. The van der Waals surface area contributed by atoms with Crippen LogP contribution in [0.25, 0.3) is 6.08 Å². The number of hydrogen-bond acceptors (Lipinski definition) is 5. The first-order chi connectivity index (χ1) is 15.4. The van der Waals surface area contributed by atoms with Crippen molar-refractivity contribution in [3.8, 4) is 0 Å². The average molecular weight is 461 g/mol. The van der Waals surface area contributed by atoms with E-state index in [2.05, 4.69) is 5.43 Å². The van der Waals surface area contributed by atoms with E-state index in [1.807, 2.05) is 70.2 Å². The normalized spacial score (nSPS) is 13.8. The Bertz CT molecular complexity index is 800. The Labute approximate surface area is 197 Å². The van der Waals surface area contributed by atoms with Gasteiger partial charge in [0.1, 0.15) is 0 Å². The molecule has 1 rings (SSSR count). The predicted octanol–water partition coefficient (Wildman–Crippen LogP) is 3.13. The maximum absolute atomic E-state index is 13.4. The molecule has 0 heterocycles. The van der Waals surface area contributed by atoms with Crippen molar-refractivity contribution in [3.63, 3.8) is 0 Å². The second-order valence-corrected chi connectivity index (χ2v) is 9.87. The van der Waals surface area contributed by atoms with Gasteiger partial charge in [-0.25, -0.2) is 5.48 Å². The maximum atomic E-state index is 13.4. The first-order valence-electron chi connectivity index (χ1n) is 11.4. The summed E-state index contributed by atoms with van der Waals surface area (Å²) in [7, 11) is 0. The number of hydrazine groups is 1. The van der Waals surface area contributed by atoms with Gasteiger partial charge in [0.15, 0.2) is 0 Å². The summed E-state index contributed by atoms with van der Waals surface area (Å²) in [6.07, 6.45) is 4.33. The molecule has 2 atom stereocenters. The number of hydroxylamine groups is 1. The van der Waals surface area contributed by atoms with Crippen LogP contribution in [0.5, 0.6) is 0 Å². The van der Waals surface area contributed by atoms with Crippen LogP contribution in [0.1, 0.15) is 59.9 Å². The van der Waals surface area contributed by atoms with Gasteiger partial charge in [0, 0.05) is 6.54 Å². The van der Waals surface area contributed by atoms with E-state index in [0.29, 0.717) is 6.42 Å². The van der Waals surface area contributed by atoms with Gasteiger partial charge in [0.05, 0.1) is 17.4 Å². The Morgan fingerprint density at radius 2 is 1.64 bits per heavy atom. The first-order valence-corrected chi connectivity index (χ1v) is 11.4. The van der Waals surface area contributed by atoms with Crippen molar-refractivity contribution in [2.75, 3.05) is 6.54 Å². The molecule has 1 aromatic rings. The topological polar surface area (TPSA) is 125 Å². The number of nitrogens with zero attached hydrogens (tertiary/aromatic N) is 1. The second-order valence-electron chi connectivity index (χ2n) is 9.87. The SMILES string of the molecule is CC(C)C[C@@H](C(=O)NN(CC(C)C)C(=O)C(C)(C)N)[C@H](C/C=C/c1ccccc1)C(=O)NO.